The van der Waals surface area contributed by atoms with Crippen molar-refractivity contribution >= 4 is 11.8 Å². The summed E-state index contributed by atoms with van der Waals surface area (Å²) in [5.74, 6) is 0.279. The number of hydrogen-bond donors (Lipinski definition) is 1. The van der Waals surface area contributed by atoms with Gasteiger partial charge in [-0.05, 0) is 49.5 Å². The summed E-state index contributed by atoms with van der Waals surface area (Å²) in [6.07, 6.45) is 5.92. The molecule has 2 rings (SSSR count). The van der Waals surface area contributed by atoms with Crippen molar-refractivity contribution in [2.75, 3.05) is 0 Å². The van der Waals surface area contributed by atoms with Gasteiger partial charge >= 0.3 is 5.97 Å². The Kier molecular flexibility index (Phi) is 3.69. The van der Waals surface area contributed by atoms with Crippen molar-refractivity contribution in [3.8, 4) is 0 Å². The normalized spacial score (nSPS) is 32.2. The van der Waals surface area contributed by atoms with Crippen LogP contribution in [0.2, 0.25) is 0 Å². The Bertz CT molecular complexity index is 419. The highest BCUT2D eigenvalue weighted by Gasteiger charge is 2.33. The molecule has 1 fully saturated rings. The van der Waals surface area contributed by atoms with Crippen LogP contribution in [0.4, 0.5) is 0 Å². The quantitative estimate of drug-likeness (QED) is 0.764. The summed E-state index contributed by atoms with van der Waals surface area (Å²) in [5, 5.41) is 9.05. The zero-order chi connectivity index (χ0) is 13.3. The lowest BCUT2D eigenvalue weighted by Gasteiger charge is -2.27. The van der Waals surface area contributed by atoms with Crippen LogP contribution in [0, 0.1) is 17.8 Å². The van der Waals surface area contributed by atoms with Gasteiger partial charge in [0, 0.05) is 12.0 Å². The van der Waals surface area contributed by atoms with Gasteiger partial charge in [-0.2, -0.15) is 0 Å². The molecule has 0 bridgehead atoms. The van der Waals surface area contributed by atoms with Crippen LogP contribution in [-0.4, -0.2) is 16.9 Å². The topological polar surface area (TPSA) is 54.4 Å². The van der Waals surface area contributed by atoms with E-state index in [9.17, 15) is 9.59 Å². The lowest BCUT2D eigenvalue weighted by molar-refractivity contribution is -0.133. The number of rotatable bonds is 2. The Balaban J connectivity index is 2.23. The number of hydrogen-bond acceptors (Lipinski definition) is 2. The first-order chi connectivity index (χ1) is 8.49. The summed E-state index contributed by atoms with van der Waals surface area (Å²) in [6.45, 7) is 5.90. The lowest BCUT2D eigenvalue weighted by Crippen LogP contribution is -2.19. The molecule has 2 aliphatic rings. The fourth-order valence-electron chi connectivity index (χ4n) is 3.25. The SMILES string of the molecule is C=C(C(=O)O)[C@@H]1CC[C@H](C)[C@H]2CCC(=O)C=C2C1. The first-order valence-corrected chi connectivity index (χ1v) is 6.64. The molecule has 0 aromatic carbocycles. The third-order valence-corrected chi connectivity index (χ3v) is 4.43. The van der Waals surface area contributed by atoms with Crippen molar-refractivity contribution in [3.05, 3.63) is 23.8 Å². The Morgan fingerprint density at radius 3 is 2.78 bits per heavy atom. The van der Waals surface area contributed by atoms with E-state index < -0.39 is 5.97 Å². The Hall–Kier alpha value is -1.38. The van der Waals surface area contributed by atoms with Gasteiger partial charge < -0.3 is 5.11 Å². The predicted octanol–water partition coefficient (Wildman–Crippen LogP) is 2.97. The first-order valence-electron chi connectivity index (χ1n) is 6.64. The van der Waals surface area contributed by atoms with Crippen molar-refractivity contribution < 1.29 is 14.7 Å². The van der Waals surface area contributed by atoms with Crippen molar-refractivity contribution in [1.82, 2.24) is 0 Å². The molecule has 3 heteroatoms. The highest BCUT2D eigenvalue weighted by Crippen LogP contribution is 2.42. The van der Waals surface area contributed by atoms with Gasteiger partial charge in [0.2, 0.25) is 0 Å². The van der Waals surface area contributed by atoms with Gasteiger partial charge in [-0.1, -0.05) is 19.1 Å². The minimum absolute atomic E-state index is 0.00731. The van der Waals surface area contributed by atoms with Gasteiger partial charge in [-0.3, -0.25) is 4.79 Å². The van der Waals surface area contributed by atoms with E-state index in [0.29, 0.717) is 30.3 Å². The maximum absolute atomic E-state index is 11.5. The molecule has 0 spiro atoms. The summed E-state index contributed by atoms with van der Waals surface area (Å²) in [4.78, 5) is 22.6. The predicted molar refractivity (Wildman–Crippen MR) is 69.1 cm³/mol. The second-order valence-corrected chi connectivity index (χ2v) is 5.62. The Morgan fingerprint density at radius 2 is 2.11 bits per heavy atom. The Labute approximate surface area is 108 Å². The minimum atomic E-state index is -0.908. The molecule has 3 nitrogen and oxygen atoms in total. The number of aliphatic carboxylic acids is 1. The molecule has 18 heavy (non-hydrogen) atoms. The van der Waals surface area contributed by atoms with Crippen molar-refractivity contribution in [1.29, 1.82) is 0 Å². The van der Waals surface area contributed by atoms with E-state index in [-0.39, 0.29) is 11.7 Å². The molecule has 0 saturated heterocycles. The second-order valence-electron chi connectivity index (χ2n) is 5.62. The molecule has 0 aromatic heterocycles. The first kappa shape index (κ1) is 13.1. The van der Waals surface area contributed by atoms with Crippen molar-refractivity contribution in [2.45, 2.75) is 39.0 Å². The number of fused-ring (bicyclic) bond motifs is 1. The molecule has 0 aromatic rings. The van der Waals surface area contributed by atoms with Gasteiger partial charge in [0.25, 0.3) is 0 Å². The highest BCUT2D eigenvalue weighted by atomic mass is 16.4. The summed E-state index contributed by atoms with van der Waals surface area (Å²) in [6, 6.07) is 0. The standard InChI is InChI=1S/C15H20O3/c1-9-3-4-11(10(2)15(17)18)7-12-8-13(16)5-6-14(9)12/h8-9,11,14H,2-7H2,1H3,(H,17,18)/t9-,11+,14+/m0/s1. The minimum Gasteiger partial charge on any atom is -0.478 e. The average molecular weight is 248 g/mol. The van der Waals surface area contributed by atoms with Crippen LogP contribution in [0.15, 0.2) is 23.8 Å². The number of carboxylic acids is 1. The van der Waals surface area contributed by atoms with Crippen LogP contribution >= 0.6 is 0 Å². The lowest BCUT2D eigenvalue weighted by atomic mass is 9.78. The van der Waals surface area contributed by atoms with E-state index in [1.54, 1.807) is 6.08 Å². The van der Waals surface area contributed by atoms with Gasteiger partial charge in [-0.15, -0.1) is 0 Å². The molecular weight excluding hydrogens is 228 g/mol. The molecule has 1 saturated carbocycles. The fraction of sp³-hybridized carbons (Fsp3) is 0.600. The maximum atomic E-state index is 11.5. The number of carboxylic acid groups (broad SMARTS) is 1. The molecule has 1 N–H and O–H groups in total. The molecule has 3 atom stereocenters. The van der Waals surface area contributed by atoms with E-state index in [4.69, 9.17) is 5.11 Å². The third-order valence-electron chi connectivity index (χ3n) is 4.43. The molecule has 0 aliphatic heterocycles. The van der Waals surface area contributed by atoms with E-state index in [0.717, 1.165) is 24.8 Å². The number of carbonyl (C=O) groups is 2. The highest BCUT2D eigenvalue weighted by molar-refractivity contribution is 5.91. The van der Waals surface area contributed by atoms with Crippen LogP contribution < -0.4 is 0 Å². The van der Waals surface area contributed by atoms with Gasteiger partial charge in [-0.25, -0.2) is 4.79 Å². The molecule has 98 valence electrons. The second kappa shape index (κ2) is 5.09. The molecular formula is C15H20O3. The number of carbonyl (C=O) groups excluding carboxylic acids is 1. The van der Waals surface area contributed by atoms with E-state index in [1.807, 2.05) is 0 Å². The van der Waals surface area contributed by atoms with E-state index >= 15 is 0 Å². The molecule has 0 radical (unpaired) electrons. The van der Waals surface area contributed by atoms with Gasteiger partial charge in [0.15, 0.2) is 5.78 Å². The monoisotopic (exact) mass is 248 g/mol. The number of ketones is 1. The summed E-state index contributed by atoms with van der Waals surface area (Å²) in [5.41, 5.74) is 1.45. The summed E-state index contributed by atoms with van der Waals surface area (Å²) >= 11 is 0. The smallest absolute Gasteiger partial charge is 0.331 e. The van der Waals surface area contributed by atoms with Crippen molar-refractivity contribution in [3.63, 3.8) is 0 Å². The van der Waals surface area contributed by atoms with Crippen LogP contribution in [-0.2, 0) is 9.59 Å². The molecule has 0 unspecified atom stereocenters. The van der Waals surface area contributed by atoms with Gasteiger partial charge in [0.1, 0.15) is 0 Å². The molecule has 2 aliphatic carbocycles. The van der Waals surface area contributed by atoms with Crippen LogP contribution in [0.5, 0.6) is 0 Å². The molecule has 0 heterocycles. The maximum Gasteiger partial charge on any atom is 0.331 e. The van der Waals surface area contributed by atoms with Crippen LogP contribution in [0.3, 0.4) is 0 Å². The summed E-state index contributed by atoms with van der Waals surface area (Å²) < 4.78 is 0. The van der Waals surface area contributed by atoms with Crippen LogP contribution in [0.25, 0.3) is 0 Å². The fourth-order valence-corrected chi connectivity index (χ4v) is 3.25. The molecule has 0 amide bonds. The van der Waals surface area contributed by atoms with Gasteiger partial charge in [0.05, 0.1) is 0 Å². The zero-order valence-electron chi connectivity index (χ0n) is 10.8. The van der Waals surface area contributed by atoms with Crippen LogP contribution in [0.1, 0.15) is 39.0 Å². The number of allylic oxidation sites excluding steroid dienone is 2. The third kappa shape index (κ3) is 2.55. The van der Waals surface area contributed by atoms with Crippen molar-refractivity contribution in [2.24, 2.45) is 17.8 Å². The Morgan fingerprint density at radius 1 is 1.39 bits per heavy atom. The summed E-state index contributed by atoms with van der Waals surface area (Å²) in [7, 11) is 0. The van der Waals surface area contributed by atoms with E-state index in [1.165, 1.54) is 0 Å². The zero-order valence-corrected chi connectivity index (χ0v) is 10.8. The average Bonchev–Trinajstić information content (AvgIpc) is 2.47. The largest absolute Gasteiger partial charge is 0.478 e. The van der Waals surface area contributed by atoms with E-state index in [2.05, 4.69) is 13.5 Å².